The molecular formula is C14H12Cl2FN3O2. The SMILES string of the molecule is O=C(c1ccn[nH]1)N1CCOC(c2cc(F)c(Cl)cc2Cl)C1. The molecule has 2 heterocycles. The number of amides is 1. The molecule has 1 unspecified atom stereocenters. The summed E-state index contributed by atoms with van der Waals surface area (Å²) in [7, 11) is 0. The Morgan fingerprint density at radius 2 is 2.23 bits per heavy atom. The minimum atomic E-state index is -0.568. The summed E-state index contributed by atoms with van der Waals surface area (Å²) in [6, 6.07) is 4.19. The smallest absolute Gasteiger partial charge is 0.272 e. The van der Waals surface area contributed by atoms with Gasteiger partial charge < -0.3 is 9.64 Å². The highest BCUT2D eigenvalue weighted by Gasteiger charge is 2.28. The van der Waals surface area contributed by atoms with E-state index in [0.29, 0.717) is 29.4 Å². The molecular weight excluding hydrogens is 332 g/mol. The second-order valence-corrected chi connectivity index (χ2v) is 5.68. The first kappa shape index (κ1) is 15.3. The summed E-state index contributed by atoms with van der Waals surface area (Å²) in [5.41, 5.74) is 0.875. The number of hydrogen-bond donors (Lipinski definition) is 1. The van der Waals surface area contributed by atoms with Crippen molar-refractivity contribution in [1.82, 2.24) is 15.1 Å². The van der Waals surface area contributed by atoms with E-state index in [1.807, 2.05) is 0 Å². The topological polar surface area (TPSA) is 58.2 Å². The van der Waals surface area contributed by atoms with Gasteiger partial charge in [-0.25, -0.2) is 4.39 Å². The Kier molecular flexibility index (Phi) is 4.33. The number of hydrogen-bond acceptors (Lipinski definition) is 3. The molecule has 0 aliphatic carbocycles. The van der Waals surface area contributed by atoms with E-state index in [-0.39, 0.29) is 17.5 Å². The van der Waals surface area contributed by atoms with Crippen LogP contribution in [0.25, 0.3) is 0 Å². The van der Waals surface area contributed by atoms with Gasteiger partial charge >= 0.3 is 0 Å². The zero-order chi connectivity index (χ0) is 15.7. The average Bonchev–Trinajstić information content (AvgIpc) is 3.04. The predicted octanol–water partition coefficient (Wildman–Crippen LogP) is 3.07. The van der Waals surface area contributed by atoms with E-state index < -0.39 is 11.9 Å². The predicted molar refractivity (Wildman–Crippen MR) is 79.6 cm³/mol. The molecule has 1 aromatic carbocycles. The summed E-state index contributed by atoms with van der Waals surface area (Å²) < 4.78 is 19.3. The Balaban J connectivity index is 1.81. The Labute approximate surface area is 136 Å². The van der Waals surface area contributed by atoms with Gasteiger partial charge in [-0.2, -0.15) is 5.10 Å². The molecule has 1 N–H and O–H groups in total. The fourth-order valence-corrected chi connectivity index (χ4v) is 2.86. The van der Waals surface area contributed by atoms with Crippen molar-refractivity contribution in [2.75, 3.05) is 19.7 Å². The lowest BCUT2D eigenvalue weighted by Gasteiger charge is -2.33. The van der Waals surface area contributed by atoms with Gasteiger partial charge in [0.25, 0.3) is 5.91 Å². The van der Waals surface area contributed by atoms with Crippen LogP contribution in [0.4, 0.5) is 4.39 Å². The summed E-state index contributed by atoms with van der Waals surface area (Å²) in [6.45, 7) is 1.06. The van der Waals surface area contributed by atoms with Gasteiger partial charge in [-0.15, -0.1) is 0 Å². The van der Waals surface area contributed by atoms with Crippen molar-refractivity contribution in [2.45, 2.75) is 6.10 Å². The van der Waals surface area contributed by atoms with E-state index in [9.17, 15) is 9.18 Å². The van der Waals surface area contributed by atoms with E-state index >= 15 is 0 Å². The third-order valence-electron chi connectivity index (χ3n) is 3.47. The molecule has 5 nitrogen and oxygen atoms in total. The van der Waals surface area contributed by atoms with E-state index in [0.717, 1.165) is 0 Å². The van der Waals surface area contributed by atoms with Gasteiger partial charge in [0.2, 0.25) is 0 Å². The number of morpholine rings is 1. The van der Waals surface area contributed by atoms with Gasteiger partial charge in [-0.05, 0) is 18.2 Å². The molecule has 1 fully saturated rings. The Morgan fingerprint density at radius 3 is 2.95 bits per heavy atom. The van der Waals surface area contributed by atoms with Crippen molar-refractivity contribution in [3.63, 3.8) is 0 Å². The standard InChI is InChI=1S/C14H12Cl2FN3O2/c15-9-6-10(16)11(17)5-8(9)13-7-20(3-4-22-13)14(21)12-1-2-18-19-12/h1-2,5-6,13H,3-4,7H2,(H,18,19). The molecule has 8 heteroatoms. The molecule has 1 aliphatic heterocycles. The highest BCUT2D eigenvalue weighted by atomic mass is 35.5. The number of aromatic amines is 1. The van der Waals surface area contributed by atoms with E-state index in [4.69, 9.17) is 27.9 Å². The number of carbonyl (C=O) groups is 1. The molecule has 0 spiro atoms. The molecule has 0 saturated carbocycles. The number of benzene rings is 1. The summed E-state index contributed by atoms with van der Waals surface area (Å²) in [6.07, 6.45) is 1.01. The van der Waals surface area contributed by atoms with Crippen LogP contribution in [0, 0.1) is 5.82 Å². The molecule has 1 aliphatic rings. The molecule has 1 atom stereocenters. The number of ether oxygens (including phenoxy) is 1. The lowest BCUT2D eigenvalue weighted by Crippen LogP contribution is -2.42. The van der Waals surface area contributed by atoms with Crippen LogP contribution >= 0.6 is 23.2 Å². The van der Waals surface area contributed by atoms with Crippen LogP contribution in [0.3, 0.4) is 0 Å². The summed E-state index contributed by atoms with van der Waals surface area (Å²) in [5.74, 6) is -0.752. The second kappa shape index (κ2) is 6.24. The zero-order valence-corrected chi connectivity index (χ0v) is 12.9. The van der Waals surface area contributed by atoms with Gasteiger partial charge in [0.1, 0.15) is 17.6 Å². The lowest BCUT2D eigenvalue weighted by atomic mass is 10.1. The largest absolute Gasteiger partial charge is 0.370 e. The molecule has 1 amide bonds. The molecule has 22 heavy (non-hydrogen) atoms. The second-order valence-electron chi connectivity index (χ2n) is 4.87. The van der Waals surface area contributed by atoms with Gasteiger partial charge in [-0.3, -0.25) is 9.89 Å². The van der Waals surface area contributed by atoms with Crippen molar-refractivity contribution in [1.29, 1.82) is 0 Å². The van der Waals surface area contributed by atoms with E-state index in [1.54, 1.807) is 11.0 Å². The van der Waals surface area contributed by atoms with Crippen molar-refractivity contribution in [2.24, 2.45) is 0 Å². The third kappa shape index (κ3) is 2.95. The Hall–Kier alpha value is -1.63. The maximum atomic E-state index is 13.7. The monoisotopic (exact) mass is 343 g/mol. The first-order valence-corrected chi connectivity index (χ1v) is 7.36. The average molecular weight is 344 g/mol. The highest BCUT2D eigenvalue weighted by molar-refractivity contribution is 6.35. The van der Waals surface area contributed by atoms with Gasteiger partial charge in [0.15, 0.2) is 0 Å². The molecule has 0 radical (unpaired) electrons. The van der Waals surface area contributed by atoms with Gasteiger partial charge in [0.05, 0.1) is 18.2 Å². The molecule has 2 aromatic rings. The maximum Gasteiger partial charge on any atom is 0.272 e. The van der Waals surface area contributed by atoms with Crippen LogP contribution < -0.4 is 0 Å². The van der Waals surface area contributed by atoms with Crippen LogP contribution in [0.1, 0.15) is 22.2 Å². The number of aromatic nitrogens is 2. The normalized spacial score (nSPS) is 18.5. The van der Waals surface area contributed by atoms with Gasteiger partial charge in [-0.1, -0.05) is 23.2 Å². The number of carbonyl (C=O) groups excluding carboxylic acids is 1. The molecule has 116 valence electrons. The Morgan fingerprint density at radius 1 is 1.41 bits per heavy atom. The fraction of sp³-hybridized carbons (Fsp3) is 0.286. The number of nitrogens with zero attached hydrogens (tertiary/aromatic N) is 2. The van der Waals surface area contributed by atoms with Crippen molar-refractivity contribution < 1.29 is 13.9 Å². The minimum absolute atomic E-state index is 0.0463. The molecule has 1 saturated heterocycles. The van der Waals surface area contributed by atoms with E-state index in [2.05, 4.69) is 10.2 Å². The van der Waals surface area contributed by atoms with E-state index in [1.165, 1.54) is 18.3 Å². The van der Waals surface area contributed by atoms with Crippen molar-refractivity contribution in [3.8, 4) is 0 Å². The van der Waals surface area contributed by atoms with Crippen LogP contribution in [-0.4, -0.2) is 40.7 Å². The van der Waals surface area contributed by atoms with Crippen LogP contribution in [0.15, 0.2) is 24.4 Å². The molecule has 0 bridgehead atoms. The first-order chi connectivity index (χ1) is 10.6. The molecule has 1 aromatic heterocycles. The van der Waals surface area contributed by atoms with Crippen LogP contribution in [0.5, 0.6) is 0 Å². The van der Waals surface area contributed by atoms with Crippen molar-refractivity contribution >= 4 is 29.1 Å². The fourth-order valence-electron chi connectivity index (χ4n) is 2.35. The lowest BCUT2D eigenvalue weighted by molar-refractivity contribution is -0.0230. The third-order valence-corrected chi connectivity index (χ3v) is 4.09. The number of H-pyrrole nitrogens is 1. The van der Waals surface area contributed by atoms with Crippen LogP contribution in [0.2, 0.25) is 10.0 Å². The maximum absolute atomic E-state index is 13.7. The highest BCUT2D eigenvalue weighted by Crippen LogP contribution is 2.32. The molecule has 3 rings (SSSR count). The summed E-state index contributed by atoms with van der Waals surface area (Å²) >= 11 is 11.8. The Bertz CT molecular complexity index is 694. The first-order valence-electron chi connectivity index (χ1n) is 6.61. The number of nitrogens with one attached hydrogen (secondary N) is 1. The van der Waals surface area contributed by atoms with Crippen molar-refractivity contribution in [3.05, 3.63) is 51.5 Å². The van der Waals surface area contributed by atoms with Crippen LogP contribution in [-0.2, 0) is 4.74 Å². The minimum Gasteiger partial charge on any atom is -0.370 e. The number of rotatable bonds is 2. The summed E-state index contributed by atoms with van der Waals surface area (Å²) in [5, 5.41) is 6.66. The number of halogens is 3. The summed E-state index contributed by atoms with van der Waals surface area (Å²) in [4.78, 5) is 13.9. The van der Waals surface area contributed by atoms with Gasteiger partial charge in [0, 0.05) is 23.3 Å². The quantitative estimate of drug-likeness (QED) is 0.852. The zero-order valence-electron chi connectivity index (χ0n) is 11.4.